The number of nitrogens with zero attached hydrogens (tertiary/aromatic N) is 2. The predicted molar refractivity (Wildman–Crippen MR) is 132 cm³/mol. The maximum absolute atomic E-state index is 2.47. The van der Waals surface area contributed by atoms with E-state index in [-0.39, 0.29) is 29.6 Å². The van der Waals surface area contributed by atoms with Crippen LogP contribution < -0.4 is 0 Å². The second-order valence-corrected chi connectivity index (χ2v) is 8.58. The first kappa shape index (κ1) is 21.9. The van der Waals surface area contributed by atoms with E-state index in [1.54, 1.807) is 0 Å². The summed E-state index contributed by atoms with van der Waals surface area (Å²) in [4.78, 5) is 6.24. The molecule has 0 saturated heterocycles. The normalized spacial score (nSPS) is 13.3. The van der Waals surface area contributed by atoms with Crippen molar-refractivity contribution < 1.29 is 0 Å². The van der Waals surface area contributed by atoms with E-state index in [0.29, 0.717) is 0 Å². The summed E-state index contributed by atoms with van der Waals surface area (Å²) >= 11 is 1.81. The van der Waals surface area contributed by atoms with Crippen molar-refractivity contribution in [2.24, 2.45) is 0 Å². The van der Waals surface area contributed by atoms with Gasteiger partial charge >= 0.3 is 29.6 Å². The van der Waals surface area contributed by atoms with Crippen LogP contribution in [0.5, 0.6) is 0 Å². The molecule has 1 aliphatic heterocycles. The molecule has 4 heteroatoms. The summed E-state index contributed by atoms with van der Waals surface area (Å²) in [6.07, 6.45) is 4.48. The number of thiophene rings is 1. The van der Waals surface area contributed by atoms with Gasteiger partial charge in [0.25, 0.3) is 0 Å². The van der Waals surface area contributed by atoms with Crippen LogP contribution in [-0.2, 0) is 12.1 Å². The quantitative estimate of drug-likeness (QED) is 0.287. The first-order chi connectivity index (χ1) is 14.9. The van der Waals surface area contributed by atoms with Crippen molar-refractivity contribution in [1.82, 2.24) is 9.80 Å². The van der Waals surface area contributed by atoms with Crippen molar-refractivity contribution >= 4 is 40.9 Å². The third-order valence-corrected chi connectivity index (χ3v) is 6.60. The molecule has 0 unspecified atom stereocenters. The zero-order chi connectivity index (χ0) is 20.2. The van der Waals surface area contributed by atoms with E-state index in [9.17, 15) is 0 Å². The first-order valence-corrected chi connectivity index (χ1v) is 11.1. The molecule has 0 spiro atoms. The van der Waals surface area contributed by atoms with Gasteiger partial charge in [0.1, 0.15) is 5.54 Å². The molecule has 4 aromatic rings. The zero-order valence-corrected chi connectivity index (χ0v) is 17.6. The van der Waals surface area contributed by atoms with Crippen LogP contribution in [-0.4, -0.2) is 46.0 Å². The Morgan fingerprint density at radius 3 is 1.61 bits per heavy atom. The van der Waals surface area contributed by atoms with Crippen molar-refractivity contribution in [2.45, 2.75) is 12.1 Å². The summed E-state index contributed by atoms with van der Waals surface area (Å²) in [7, 11) is 0. The second-order valence-electron chi connectivity index (χ2n) is 7.54. The van der Waals surface area contributed by atoms with Crippen LogP contribution in [0.4, 0.5) is 0 Å². The van der Waals surface area contributed by atoms with E-state index in [1.807, 2.05) is 11.3 Å². The molecule has 0 aliphatic carbocycles. The minimum absolute atomic E-state index is 0. The van der Waals surface area contributed by atoms with Gasteiger partial charge in [0.15, 0.2) is 0 Å². The van der Waals surface area contributed by atoms with Crippen LogP contribution in [0.15, 0.2) is 121 Å². The van der Waals surface area contributed by atoms with Gasteiger partial charge < -0.3 is 9.80 Å². The van der Waals surface area contributed by atoms with E-state index in [2.05, 4.69) is 131 Å². The summed E-state index contributed by atoms with van der Waals surface area (Å²) in [5.41, 5.74) is 3.41. The molecule has 0 radical (unpaired) electrons. The van der Waals surface area contributed by atoms with Crippen LogP contribution in [0.2, 0.25) is 0 Å². The molecule has 0 bridgehead atoms. The van der Waals surface area contributed by atoms with Gasteiger partial charge in [-0.2, -0.15) is 0 Å². The molecular formula is C27H25N2NaS. The molecule has 0 amide bonds. The van der Waals surface area contributed by atoms with E-state index >= 15 is 0 Å². The molecule has 0 N–H and O–H groups in total. The summed E-state index contributed by atoms with van der Waals surface area (Å²) in [5.74, 6) is 0. The molecule has 5 rings (SSSR count). The molecule has 0 saturated carbocycles. The Morgan fingerprint density at radius 1 is 0.645 bits per heavy atom. The van der Waals surface area contributed by atoms with Gasteiger partial charge in [-0.05, 0) is 28.1 Å². The SMILES string of the molecule is C1=CN(C(c2ccccc2)(c2ccccc2)c2ccccc2)CN1Cc1cccs1.[NaH]. The van der Waals surface area contributed by atoms with Gasteiger partial charge in [-0.15, -0.1) is 11.3 Å². The number of rotatable bonds is 6. The molecule has 1 aromatic heterocycles. The Kier molecular flexibility index (Phi) is 6.99. The standard InChI is InChI=1S/C27H24N2S.Na.H/c1-4-11-23(12-5-1)27(24-13-6-2-7-14-24,25-15-8-3-9-16-25)29-19-18-28(22-29)21-26-17-10-20-30-26;;/h1-20H,21-22H2;;. The average molecular weight is 433 g/mol. The zero-order valence-electron chi connectivity index (χ0n) is 16.8. The van der Waals surface area contributed by atoms with E-state index < -0.39 is 5.54 Å². The fourth-order valence-corrected chi connectivity index (χ4v) is 5.15. The van der Waals surface area contributed by atoms with Crippen molar-refractivity contribution in [2.75, 3.05) is 6.67 Å². The Hall–Kier alpha value is -2.30. The molecule has 31 heavy (non-hydrogen) atoms. The first-order valence-electron chi connectivity index (χ1n) is 10.3. The molecular weight excluding hydrogens is 407 g/mol. The summed E-state index contributed by atoms with van der Waals surface area (Å²) in [6, 6.07) is 36.9. The third kappa shape index (κ3) is 4.24. The van der Waals surface area contributed by atoms with Crippen LogP contribution in [0.1, 0.15) is 21.6 Å². The van der Waals surface area contributed by atoms with Gasteiger partial charge in [0.2, 0.25) is 0 Å². The topological polar surface area (TPSA) is 6.48 Å². The average Bonchev–Trinajstić information content (AvgIpc) is 3.50. The molecule has 0 atom stereocenters. The van der Waals surface area contributed by atoms with Crippen molar-refractivity contribution in [3.63, 3.8) is 0 Å². The van der Waals surface area contributed by atoms with E-state index in [1.165, 1.54) is 21.6 Å². The predicted octanol–water partition coefficient (Wildman–Crippen LogP) is 5.64. The number of benzene rings is 3. The summed E-state index contributed by atoms with van der Waals surface area (Å²) < 4.78 is 0. The van der Waals surface area contributed by atoms with Crippen LogP contribution in [0.25, 0.3) is 0 Å². The molecule has 150 valence electrons. The third-order valence-electron chi connectivity index (χ3n) is 5.74. The number of hydrogen-bond acceptors (Lipinski definition) is 3. The molecule has 2 nitrogen and oxygen atoms in total. The van der Waals surface area contributed by atoms with Gasteiger partial charge in [0.05, 0.1) is 13.2 Å². The summed E-state index contributed by atoms with van der Waals surface area (Å²) in [5, 5.41) is 2.15. The van der Waals surface area contributed by atoms with E-state index in [0.717, 1.165) is 13.2 Å². The van der Waals surface area contributed by atoms with Crippen molar-refractivity contribution in [1.29, 1.82) is 0 Å². The molecule has 1 aliphatic rings. The molecule has 3 aromatic carbocycles. The Morgan fingerprint density at radius 2 is 1.16 bits per heavy atom. The second kappa shape index (κ2) is 9.88. The number of hydrogen-bond donors (Lipinski definition) is 0. The Bertz CT molecular complexity index is 999. The van der Waals surface area contributed by atoms with Crippen LogP contribution in [0, 0.1) is 0 Å². The van der Waals surface area contributed by atoms with Crippen LogP contribution >= 0.6 is 11.3 Å². The van der Waals surface area contributed by atoms with Crippen molar-refractivity contribution in [3.05, 3.63) is 142 Å². The minimum atomic E-state index is -0.398. The van der Waals surface area contributed by atoms with Gasteiger partial charge in [-0.1, -0.05) is 97.1 Å². The van der Waals surface area contributed by atoms with Gasteiger partial charge in [-0.25, -0.2) is 0 Å². The molecule has 2 heterocycles. The Balaban J connectivity index is 0.00000231. The van der Waals surface area contributed by atoms with Gasteiger partial charge in [0, 0.05) is 17.3 Å². The van der Waals surface area contributed by atoms with Crippen molar-refractivity contribution in [3.8, 4) is 0 Å². The van der Waals surface area contributed by atoms with Gasteiger partial charge in [-0.3, -0.25) is 0 Å². The van der Waals surface area contributed by atoms with E-state index in [4.69, 9.17) is 0 Å². The monoisotopic (exact) mass is 432 g/mol. The summed E-state index contributed by atoms with van der Waals surface area (Å²) in [6.45, 7) is 1.76. The maximum atomic E-state index is 2.47. The molecule has 0 fully saturated rings. The fourth-order valence-electron chi connectivity index (χ4n) is 4.42. The fraction of sp³-hybridized carbons (Fsp3) is 0.111. The van der Waals surface area contributed by atoms with Crippen LogP contribution in [0.3, 0.4) is 0 Å². The Labute approximate surface area is 210 Å².